The molecule has 2 nitrogen and oxygen atoms in total. The van der Waals surface area contributed by atoms with Gasteiger partial charge in [-0.05, 0) is 58.2 Å². The number of halogens is 1. The van der Waals surface area contributed by atoms with Gasteiger partial charge in [0.05, 0.1) is 0 Å². The molecule has 0 saturated carbocycles. The molecule has 2 rings (SSSR count). The molecule has 1 aliphatic rings. The van der Waals surface area contributed by atoms with Gasteiger partial charge in [0.15, 0.2) is 0 Å². The minimum absolute atomic E-state index is 0.251. The van der Waals surface area contributed by atoms with Crippen LogP contribution in [0.1, 0.15) is 39.2 Å². The maximum absolute atomic E-state index is 6.01. The first-order valence-corrected chi connectivity index (χ1v) is 8.25. The molecular weight excluding hydrogens is 268 g/mol. The summed E-state index contributed by atoms with van der Waals surface area (Å²) in [4.78, 5) is 2.56. The van der Waals surface area contributed by atoms with E-state index >= 15 is 0 Å². The molecule has 112 valence electrons. The Kier molecular flexibility index (Phi) is 5.74. The minimum Gasteiger partial charge on any atom is -0.367 e. The molecule has 0 aliphatic carbocycles. The van der Waals surface area contributed by atoms with Crippen LogP contribution in [-0.4, -0.2) is 30.6 Å². The van der Waals surface area contributed by atoms with Crippen LogP contribution in [-0.2, 0) is 6.42 Å². The largest absolute Gasteiger partial charge is 0.367 e. The Labute approximate surface area is 128 Å². The second-order valence-corrected chi connectivity index (χ2v) is 6.72. The molecule has 0 aromatic heterocycles. The minimum atomic E-state index is 0.251. The Bertz CT molecular complexity index is 419. The molecule has 3 atom stereocenters. The van der Waals surface area contributed by atoms with Gasteiger partial charge in [-0.2, -0.15) is 0 Å². The number of nitrogens with zero attached hydrogens (tertiary/aromatic N) is 1. The summed E-state index contributed by atoms with van der Waals surface area (Å²) in [6.07, 6.45) is 3.49. The lowest BCUT2D eigenvalue weighted by molar-refractivity contribution is 0.439. The van der Waals surface area contributed by atoms with E-state index in [-0.39, 0.29) is 5.38 Å². The van der Waals surface area contributed by atoms with Crippen LogP contribution < -0.4 is 10.2 Å². The molecule has 1 aliphatic heterocycles. The predicted octanol–water partition coefficient (Wildman–Crippen LogP) is 3.82. The van der Waals surface area contributed by atoms with Crippen LogP contribution in [0, 0.1) is 0 Å². The Morgan fingerprint density at radius 2 is 2.00 bits per heavy atom. The van der Waals surface area contributed by atoms with Crippen molar-refractivity contribution in [2.75, 3.05) is 18.0 Å². The van der Waals surface area contributed by atoms with Gasteiger partial charge >= 0.3 is 0 Å². The summed E-state index contributed by atoms with van der Waals surface area (Å²) in [6, 6.07) is 9.80. The number of hydrogen-bond acceptors (Lipinski definition) is 2. The molecule has 3 unspecified atom stereocenters. The number of hydrogen-bond donors (Lipinski definition) is 1. The SMILES string of the molecule is CC(Cl)CCNC(C)C(C)N1CCCc2ccccc21. The van der Waals surface area contributed by atoms with Gasteiger partial charge < -0.3 is 10.2 Å². The zero-order valence-electron chi connectivity index (χ0n) is 12.9. The lowest BCUT2D eigenvalue weighted by Crippen LogP contribution is -2.49. The first kappa shape index (κ1) is 15.7. The Hall–Kier alpha value is -0.730. The van der Waals surface area contributed by atoms with Crippen molar-refractivity contribution in [2.45, 2.75) is 57.5 Å². The molecule has 0 saturated heterocycles. The molecule has 1 N–H and O–H groups in total. The molecule has 0 bridgehead atoms. The van der Waals surface area contributed by atoms with E-state index in [1.54, 1.807) is 0 Å². The van der Waals surface area contributed by atoms with E-state index in [9.17, 15) is 0 Å². The van der Waals surface area contributed by atoms with Crippen LogP contribution >= 0.6 is 11.6 Å². The first-order valence-electron chi connectivity index (χ1n) is 7.81. The third-order valence-corrected chi connectivity index (χ3v) is 4.59. The zero-order valence-corrected chi connectivity index (χ0v) is 13.7. The highest BCUT2D eigenvalue weighted by molar-refractivity contribution is 6.20. The van der Waals surface area contributed by atoms with Crippen molar-refractivity contribution in [2.24, 2.45) is 0 Å². The highest BCUT2D eigenvalue weighted by Crippen LogP contribution is 2.29. The molecule has 0 radical (unpaired) electrons. The summed E-state index contributed by atoms with van der Waals surface area (Å²) in [5, 5.41) is 3.87. The summed E-state index contributed by atoms with van der Waals surface area (Å²) in [6.45, 7) is 8.81. The van der Waals surface area contributed by atoms with E-state index in [0.29, 0.717) is 12.1 Å². The number of aryl methyl sites for hydroxylation is 1. The van der Waals surface area contributed by atoms with Crippen molar-refractivity contribution in [1.82, 2.24) is 5.32 Å². The molecule has 0 amide bonds. The molecule has 1 aromatic rings. The van der Waals surface area contributed by atoms with Gasteiger partial charge in [0.1, 0.15) is 0 Å². The number of para-hydroxylation sites is 1. The maximum atomic E-state index is 6.01. The smallest absolute Gasteiger partial charge is 0.0412 e. The third kappa shape index (κ3) is 3.89. The van der Waals surface area contributed by atoms with Crippen LogP contribution in [0.4, 0.5) is 5.69 Å². The summed E-state index contributed by atoms with van der Waals surface area (Å²) in [7, 11) is 0. The van der Waals surface area contributed by atoms with Gasteiger partial charge in [-0.25, -0.2) is 0 Å². The summed E-state index contributed by atoms with van der Waals surface area (Å²) >= 11 is 6.01. The predicted molar refractivity (Wildman–Crippen MR) is 89.0 cm³/mol. The number of rotatable bonds is 6. The maximum Gasteiger partial charge on any atom is 0.0412 e. The lowest BCUT2D eigenvalue weighted by Gasteiger charge is -2.39. The van der Waals surface area contributed by atoms with Gasteiger partial charge in [-0.3, -0.25) is 0 Å². The Morgan fingerprint density at radius 1 is 1.25 bits per heavy atom. The van der Waals surface area contributed by atoms with E-state index in [1.807, 2.05) is 0 Å². The second kappa shape index (κ2) is 7.33. The second-order valence-electron chi connectivity index (χ2n) is 5.98. The quantitative estimate of drug-likeness (QED) is 0.802. The van der Waals surface area contributed by atoms with Gasteiger partial charge in [0, 0.05) is 29.7 Å². The topological polar surface area (TPSA) is 15.3 Å². The van der Waals surface area contributed by atoms with E-state index < -0.39 is 0 Å². The molecule has 20 heavy (non-hydrogen) atoms. The number of alkyl halides is 1. The molecule has 0 fully saturated rings. The third-order valence-electron chi connectivity index (χ3n) is 4.37. The Morgan fingerprint density at radius 3 is 2.75 bits per heavy atom. The number of anilines is 1. The molecule has 1 heterocycles. The van der Waals surface area contributed by atoms with E-state index in [1.165, 1.54) is 24.1 Å². The van der Waals surface area contributed by atoms with E-state index in [4.69, 9.17) is 11.6 Å². The van der Waals surface area contributed by atoms with Crippen molar-refractivity contribution in [1.29, 1.82) is 0 Å². The molecular formula is C17H27ClN2. The highest BCUT2D eigenvalue weighted by atomic mass is 35.5. The van der Waals surface area contributed by atoms with Crippen LogP contribution in [0.2, 0.25) is 0 Å². The van der Waals surface area contributed by atoms with Crippen molar-refractivity contribution in [3.05, 3.63) is 29.8 Å². The van der Waals surface area contributed by atoms with Crippen molar-refractivity contribution in [3.8, 4) is 0 Å². The van der Waals surface area contributed by atoms with Crippen molar-refractivity contribution < 1.29 is 0 Å². The van der Waals surface area contributed by atoms with Gasteiger partial charge in [0.2, 0.25) is 0 Å². The number of benzene rings is 1. The zero-order chi connectivity index (χ0) is 14.5. The fourth-order valence-electron chi connectivity index (χ4n) is 2.94. The molecule has 0 spiro atoms. The van der Waals surface area contributed by atoms with Crippen LogP contribution in [0.15, 0.2) is 24.3 Å². The summed E-state index contributed by atoms with van der Waals surface area (Å²) in [5.74, 6) is 0. The van der Waals surface area contributed by atoms with Crippen molar-refractivity contribution in [3.63, 3.8) is 0 Å². The average molecular weight is 295 g/mol. The van der Waals surface area contributed by atoms with E-state index in [2.05, 4.69) is 55.3 Å². The van der Waals surface area contributed by atoms with Crippen LogP contribution in [0.5, 0.6) is 0 Å². The standard InChI is InChI=1S/C17H27ClN2/c1-13(18)10-11-19-14(2)15(3)20-12-6-8-16-7-4-5-9-17(16)20/h4-5,7,9,13-15,19H,6,8,10-12H2,1-3H3. The van der Waals surface area contributed by atoms with Gasteiger partial charge in [-0.1, -0.05) is 18.2 Å². The van der Waals surface area contributed by atoms with Gasteiger partial charge in [-0.15, -0.1) is 11.6 Å². The van der Waals surface area contributed by atoms with E-state index in [0.717, 1.165) is 19.5 Å². The summed E-state index contributed by atoms with van der Waals surface area (Å²) < 4.78 is 0. The van der Waals surface area contributed by atoms with Crippen LogP contribution in [0.25, 0.3) is 0 Å². The average Bonchev–Trinajstić information content (AvgIpc) is 2.45. The number of nitrogens with one attached hydrogen (secondary N) is 1. The highest BCUT2D eigenvalue weighted by Gasteiger charge is 2.24. The normalized spacial score (nSPS) is 19.3. The summed E-state index contributed by atoms with van der Waals surface area (Å²) in [5.41, 5.74) is 2.91. The first-order chi connectivity index (χ1) is 9.59. The fraction of sp³-hybridized carbons (Fsp3) is 0.647. The lowest BCUT2D eigenvalue weighted by atomic mass is 9.98. The van der Waals surface area contributed by atoms with Crippen LogP contribution in [0.3, 0.4) is 0 Å². The van der Waals surface area contributed by atoms with Gasteiger partial charge in [0.25, 0.3) is 0 Å². The number of fused-ring (bicyclic) bond motifs is 1. The fourth-order valence-corrected chi connectivity index (χ4v) is 3.05. The molecule has 3 heteroatoms. The Balaban J connectivity index is 1.97. The van der Waals surface area contributed by atoms with Crippen molar-refractivity contribution >= 4 is 17.3 Å². The molecule has 1 aromatic carbocycles. The monoisotopic (exact) mass is 294 g/mol.